The van der Waals surface area contributed by atoms with Crippen molar-refractivity contribution in [1.29, 1.82) is 0 Å². The van der Waals surface area contributed by atoms with Crippen LogP contribution in [0.3, 0.4) is 0 Å². The lowest BCUT2D eigenvalue weighted by Crippen LogP contribution is -1.97. The summed E-state index contributed by atoms with van der Waals surface area (Å²) in [6.45, 7) is 1.63. The van der Waals surface area contributed by atoms with Crippen molar-refractivity contribution in [2.45, 2.75) is 12.0 Å². The summed E-state index contributed by atoms with van der Waals surface area (Å²) >= 11 is 0. The van der Waals surface area contributed by atoms with E-state index in [4.69, 9.17) is 4.42 Å². The van der Waals surface area contributed by atoms with Crippen LogP contribution in [0.15, 0.2) is 39.8 Å². The van der Waals surface area contributed by atoms with Gasteiger partial charge in [-0.1, -0.05) is 30.3 Å². The molecule has 0 amide bonds. The molecule has 2 aromatic rings. The zero-order chi connectivity index (χ0) is 11.8. The van der Waals surface area contributed by atoms with Gasteiger partial charge in [0.05, 0.1) is 0 Å². The fourth-order valence-corrected chi connectivity index (χ4v) is 2.22. The Kier molecular flexibility index (Phi) is 2.55. The molecule has 0 saturated carbocycles. The molecule has 1 heterocycles. The molecule has 0 radical (unpaired) electrons. The third-order valence-electron chi connectivity index (χ3n) is 2.09. The van der Waals surface area contributed by atoms with E-state index in [-0.39, 0.29) is 5.09 Å². The van der Waals surface area contributed by atoms with Crippen LogP contribution in [0.1, 0.15) is 5.89 Å². The monoisotopic (exact) mass is 237 g/mol. The summed E-state index contributed by atoms with van der Waals surface area (Å²) in [7, 11) is -3.39. The average molecular weight is 237 g/mol. The molecule has 0 bridgehead atoms. The SMILES string of the molecule is Cc1nc(-c2ccccc2)c(S(C)(=O)=O)o1. The molecule has 4 nitrogen and oxygen atoms in total. The number of aryl methyl sites for hydroxylation is 1. The van der Waals surface area contributed by atoms with Gasteiger partial charge in [0, 0.05) is 18.7 Å². The van der Waals surface area contributed by atoms with Crippen LogP contribution in [0.2, 0.25) is 0 Å². The molecule has 0 N–H and O–H groups in total. The number of nitrogens with zero attached hydrogens (tertiary/aromatic N) is 1. The molecule has 84 valence electrons. The van der Waals surface area contributed by atoms with Crippen molar-refractivity contribution >= 4 is 9.84 Å². The Bertz CT molecular complexity index is 599. The highest BCUT2D eigenvalue weighted by atomic mass is 32.2. The van der Waals surface area contributed by atoms with Gasteiger partial charge in [0.15, 0.2) is 5.89 Å². The van der Waals surface area contributed by atoms with Crippen LogP contribution >= 0.6 is 0 Å². The second-order valence-corrected chi connectivity index (χ2v) is 5.42. The molecule has 1 aromatic carbocycles. The number of aromatic nitrogens is 1. The van der Waals surface area contributed by atoms with Crippen molar-refractivity contribution in [1.82, 2.24) is 4.98 Å². The van der Waals surface area contributed by atoms with Gasteiger partial charge in [0.25, 0.3) is 0 Å². The highest BCUT2D eigenvalue weighted by molar-refractivity contribution is 7.90. The number of hydrogen-bond donors (Lipinski definition) is 0. The molecule has 0 aliphatic carbocycles. The Labute approximate surface area is 93.9 Å². The van der Waals surface area contributed by atoms with Crippen molar-refractivity contribution in [2.24, 2.45) is 0 Å². The zero-order valence-corrected chi connectivity index (χ0v) is 9.78. The molecule has 0 atom stereocenters. The van der Waals surface area contributed by atoms with Crippen LogP contribution in [-0.2, 0) is 9.84 Å². The first-order valence-electron chi connectivity index (χ1n) is 4.71. The van der Waals surface area contributed by atoms with Crippen molar-refractivity contribution in [2.75, 3.05) is 6.26 Å². The molecular weight excluding hydrogens is 226 g/mol. The van der Waals surface area contributed by atoms with E-state index < -0.39 is 9.84 Å². The first kappa shape index (κ1) is 10.9. The maximum Gasteiger partial charge on any atom is 0.246 e. The van der Waals surface area contributed by atoms with Crippen molar-refractivity contribution < 1.29 is 12.8 Å². The summed E-state index contributed by atoms with van der Waals surface area (Å²) in [5.74, 6) is 0.347. The van der Waals surface area contributed by atoms with Gasteiger partial charge < -0.3 is 4.42 Å². The lowest BCUT2D eigenvalue weighted by molar-refractivity contribution is 0.426. The lowest BCUT2D eigenvalue weighted by Gasteiger charge is -1.98. The number of sulfone groups is 1. The number of rotatable bonds is 2. The Morgan fingerprint density at radius 3 is 2.38 bits per heavy atom. The zero-order valence-electron chi connectivity index (χ0n) is 8.97. The molecule has 1 aromatic heterocycles. The predicted octanol–water partition coefficient (Wildman–Crippen LogP) is 2.05. The lowest BCUT2D eigenvalue weighted by atomic mass is 10.2. The van der Waals surface area contributed by atoms with Crippen molar-refractivity contribution in [3.05, 3.63) is 36.2 Å². The Morgan fingerprint density at radius 2 is 1.81 bits per heavy atom. The van der Waals surface area contributed by atoms with Crippen LogP contribution in [0, 0.1) is 6.92 Å². The van der Waals surface area contributed by atoms with E-state index >= 15 is 0 Å². The van der Waals surface area contributed by atoms with Crippen LogP contribution in [0.4, 0.5) is 0 Å². The number of hydrogen-bond acceptors (Lipinski definition) is 4. The maximum absolute atomic E-state index is 11.5. The van der Waals surface area contributed by atoms with Gasteiger partial charge in [-0.3, -0.25) is 0 Å². The van der Waals surface area contributed by atoms with E-state index in [1.165, 1.54) is 0 Å². The van der Waals surface area contributed by atoms with Crippen LogP contribution in [-0.4, -0.2) is 19.7 Å². The second kappa shape index (κ2) is 3.75. The maximum atomic E-state index is 11.5. The number of benzene rings is 1. The van der Waals surface area contributed by atoms with Crippen molar-refractivity contribution in [3.63, 3.8) is 0 Å². The molecule has 0 aliphatic rings. The van der Waals surface area contributed by atoms with E-state index in [1.54, 1.807) is 19.1 Å². The summed E-state index contributed by atoms with van der Waals surface area (Å²) in [5, 5.41) is -0.0730. The number of oxazole rings is 1. The summed E-state index contributed by atoms with van der Waals surface area (Å²) in [5.41, 5.74) is 1.11. The standard InChI is InChI=1S/C11H11NO3S/c1-8-12-10(9-6-4-3-5-7-9)11(15-8)16(2,13)14/h3-7H,1-2H3. The van der Waals surface area contributed by atoms with Gasteiger partial charge in [-0.2, -0.15) is 0 Å². The molecule has 0 fully saturated rings. The molecule has 5 heteroatoms. The highest BCUT2D eigenvalue weighted by Crippen LogP contribution is 2.27. The molecule has 16 heavy (non-hydrogen) atoms. The van der Waals surface area contributed by atoms with Gasteiger partial charge in [-0.05, 0) is 0 Å². The summed E-state index contributed by atoms with van der Waals surface area (Å²) < 4.78 is 28.1. The summed E-state index contributed by atoms with van der Waals surface area (Å²) in [6, 6.07) is 9.10. The Hall–Kier alpha value is -1.62. The third-order valence-corrected chi connectivity index (χ3v) is 3.04. The van der Waals surface area contributed by atoms with Gasteiger partial charge in [-0.25, -0.2) is 13.4 Å². The summed E-state index contributed by atoms with van der Waals surface area (Å²) in [4.78, 5) is 4.10. The fourth-order valence-electron chi connectivity index (χ4n) is 1.44. The second-order valence-electron chi connectivity index (χ2n) is 3.51. The largest absolute Gasteiger partial charge is 0.429 e. The van der Waals surface area contributed by atoms with E-state index in [0.717, 1.165) is 11.8 Å². The molecular formula is C11H11NO3S. The first-order valence-corrected chi connectivity index (χ1v) is 6.60. The van der Waals surface area contributed by atoms with Gasteiger partial charge >= 0.3 is 0 Å². The smallest absolute Gasteiger partial charge is 0.246 e. The third kappa shape index (κ3) is 1.99. The van der Waals surface area contributed by atoms with Gasteiger partial charge in [0.1, 0.15) is 5.69 Å². The van der Waals surface area contributed by atoms with Crippen LogP contribution in [0.5, 0.6) is 0 Å². The van der Waals surface area contributed by atoms with E-state index in [0.29, 0.717) is 11.6 Å². The average Bonchev–Trinajstić information content (AvgIpc) is 2.61. The van der Waals surface area contributed by atoms with Crippen LogP contribution < -0.4 is 0 Å². The predicted molar refractivity (Wildman–Crippen MR) is 59.8 cm³/mol. The fraction of sp³-hybridized carbons (Fsp3) is 0.182. The first-order chi connectivity index (χ1) is 7.48. The molecule has 0 unspecified atom stereocenters. The van der Waals surface area contributed by atoms with Crippen molar-refractivity contribution in [3.8, 4) is 11.3 Å². The van der Waals surface area contributed by atoms with Gasteiger partial charge in [0.2, 0.25) is 14.9 Å². The Balaban J connectivity index is 2.67. The quantitative estimate of drug-likeness (QED) is 0.802. The molecule has 0 aliphatic heterocycles. The molecule has 2 rings (SSSR count). The summed E-state index contributed by atoms with van der Waals surface area (Å²) in [6.07, 6.45) is 1.11. The highest BCUT2D eigenvalue weighted by Gasteiger charge is 2.21. The van der Waals surface area contributed by atoms with E-state index in [1.807, 2.05) is 18.2 Å². The van der Waals surface area contributed by atoms with E-state index in [2.05, 4.69) is 4.98 Å². The normalized spacial score (nSPS) is 11.6. The minimum absolute atomic E-state index is 0.0730. The topological polar surface area (TPSA) is 60.2 Å². The van der Waals surface area contributed by atoms with Gasteiger partial charge in [-0.15, -0.1) is 0 Å². The molecule has 0 spiro atoms. The van der Waals surface area contributed by atoms with E-state index in [9.17, 15) is 8.42 Å². The van der Waals surface area contributed by atoms with Crippen LogP contribution in [0.25, 0.3) is 11.3 Å². The molecule has 0 saturated heterocycles. The minimum Gasteiger partial charge on any atom is -0.429 e. The minimum atomic E-state index is -3.39. The Morgan fingerprint density at radius 1 is 1.19 bits per heavy atom.